The zero-order valence-corrected chi connectivity index (χ0v) is 9.47. The summed E-state index contributed by atoms with van der Waals surface area (Å²) in [6.07, 6.45) is 6.14. The van der Waals surface area contributed by atoms with Crippen LogP contribution in [0.2, 0.25) is 0 Å². The van der Waals surface area contributed by atoms with Crippen LogP contribution in [0.5, 0.6) is 0 Å². The molecule has 0 aromatic heterocycles. The van der Waals surface area contributed by atoms with Crippen molar-refractivity contribution in [2.24, 2.45) is 16.9 Å². The van der Waals surface area contributed by atoms with Gasteiger partial charge < -0.3 is 11.5 Å². The highest BCUT2D eigenvalue weighted by Gasteiger charge is 2.16. The molecule has 0 radical (unpaired) electrons. The molecule has 1 atom stereocenters. The van der Waals surface area contributed by atoms with E-state index in [1.54, 1.807) is 0 Å². The van der Waals surface area contributed by atoms with Crippen LogP contribution >= 0.6 is 0 Å². The molecule has 2 heteroatoms. The van der Waals surface area contributed by atoms with E-state index in [0.717, 1.165) is 6.42 Å². The van der Waals surface area contributed by atoms with Crippen molar-refractivity contribution in [3.8, 4) is 0 Å². The van der Waals surface area contributed by atoms with Gasteiger partial charge in [-0.2, -0.15) is 0 Å². The molecule has 0 aromatic carbocycles. The van der Waals surface area contributed by atoms with Gasteiger partial charge in [-0.25, -0.2) is 0 Å². The highest BCUT2D eigenvalue weighted by molar-refractivity contribution is 4.70. The predicted molar refractivity (Wildman–Crippen MR) is 59.6 cm³/mol. The molecule has 0 aromatic rings. The van der Waals surface area contributed by atoms with Gasteiger partial charge in [0.1, 0.15) is 0 Å². The van der Waals surface area contributed by atoms with E-state index in [2.05, 4.69) is 20.8 Å². The summed E-state index contributed by atoms with van der Waals surface area (Å²) in [5, 5.41) is 0. The molecule has 0 amide bonds. The van der Waals surface area contributed by atoms with Crippen LogP contribution in [0.1, 0.15) is 52.9 Å². The smallest absolute Gasteiger partial charge is 0.0163 e. The minimum atomic E-state index is 0.206. The normalized spacial score (nSPS) is 14.5. The molecule has 0 aliphatic carbocycles. The summed E-state index contributed by atoms with van der Waals surface area (Å²) < 4.78 is 0. The van der Waals surface area contributed by atoms with Gasteiger partial charge >= 0.3 is 0 Å². The maximum atomic E-state index is 5.75. The minimum absolute atomic E-state index is 0.206. The monoisotopic (exact) mass is 186 g/mol. The van der Waals surface area contributed by atoms with E-state index in [1.165, 1.54) is 25.7 Å². The van der Waals surface area contributed by atoms with Crippen molar-refractivity contribution in [1.82, 2.24) is 0 Å². The van der Waals surface area contributed by atoms with Crippen molar-refractivity contribution in [2.75, 3.05) is 6.54 Å². The summed E-state index contributed by atoms with van der Waals surface area (Å²) in [5.41, 5.74) is 11.7. The highest BCUT2D eigenvalue weighted by Crippen LogP contribution is 2.28. The molecule has 0 fully saturated rings. The molecule has 2 nitrogen and oxygen atoms in total. The van der Waals surface area contributed by atoms with Crippen molar-refractivity contribution >= 4 is 0 Å². The summed E-state index contributed by atoms with van der Waals surface area (Å²) in [4.78, 5) is 0. The lowest BCUT2D eigenvalue weighted by atomic mass is 9.82. The lowest BCUT2D eigenvalue weighted by Crippen LogP contribution is -2.29. The van der Waals surface area contributed by atoms with E-state index in [4.69, 9.17) is 11.5 Å². The van der Waals surface area contributed by atoms with E-state index < -0.39 is 0 Å². The summed E-state index contributed by atoms with van der Waals surface area (Å²) >= 11 is 0. The Morgan fingerprint density at radius 1 is 1.23 bits per heavy atom. The van der Waals surface area contributed by atoms with Gasteiger partial charge in [-0.05, 0) is 24.7 Å². The number of hydrogen-bond donors (Lipinski definition) is 2. The van der Waals surface area contributed by atoms with Crippen molar-refractivity contribution in [2.45, 2.75) is 58.9 Å². The molecule has 0 saturated heterocycles. The van der Waals surface area contributed by atoms with Gasteiger partial charge in [0.05, 0.1) is 0 Å². The van der Waals surface area contributed by atoms with Gasteiger partial charge in [-0.3, -0.25) is 0 Å². The van der Waals surface area contributed by atoms with Gasteiger partial charge in [0.2, 0.25) is 0 Å². The van der Waals surface area contributed by atoms with Crippen molar-refractivity contribution in [1.29, 1.82) is 0 Å². The Hall–Kier alpha value is -0.0800. The van der Waals surface area contributed by atoms with Crippen LogP contribution in [0.4, 0.5) is 0 Å². The van der Waals surface area contributed by atoms with Crippen molar-refractivity contribution in [3.63, 3.8) is 0 Å². The summed E-state index contributed by atoms with van der Waals surface area (Å²) in [6.45, 7) is 7.54. The predicted octanol–water partition coefficient (Wildman–Crippen LogP) is 2.27. The molecule has 0 spiro atoms. The van der Waals surface area contributed by atoms with E-state index in [0.29, 0.717) is 12.0 Å². The number of hydrogen-bond acceptors (Lipinski definition) is 2. The fourth-order valence-corrected chi connectivity index (χ4v) is 1.76. The molecule has 13 heavy (non-hydrogen) atoms. The number of rotatable bonds is 7. The van der Waals surface area contributed by atoms with Gasteiger partial charge in [0.15, 0.2) is 0 Å². The quantitative estimate of drug-likeness (QED) is 0.641. The molecule has 0 saturated carbocycles. The Labute approximate surface area is 83.1 Å². The van der Waals surface area contributed by atoms with Crippen LogP contribution in [0.3, 0.4) is 0 Å². The van der Waals surface area contributed by atoms with E-state index >= 15 is 0 Å². The average molecular weight is 186 g/mol. The zero-order valence-electron chi connectivity index (χ0n) is 9.47. The molecule has 4 N–H and O–H groups in total. The number of nitrogens with two attached hydrogens (primary N) is 2. The second kappa shape index (κ2) is 6.39. The second-order valence-electron chi connectivity index (χ2n) is 4.80. The largest absolute Gasteiger partial charge is 0.329 e. The maximum absolute atomic E-state index is 5.75. The van der Waals surface area contributed by atoms with Crippen LogP contribution in [0, 0.1) is 5.41 Å². The first-order chi connectivity index (χ1) is 6.02. The molecular weight excluding hydrogens is 160 g/mol. The fraction of sp³-hybridized carbons (Fsp3) is 1.00. The van der Waals surface area contributed by atoms with Crippen LogP contribution in [-0.4, -0.2) is 12.6 Å². The van der Waals surface area contributed by atoms with Gasteiger partial charge in [0.25, 0.3) is 0 Å². The first kappa shape index (κ1) is 12.9. The van der Waals surface area contributed by atoms with Crippen LogP contribution in [0.25, 0.3) is 0 Å². The third-order valence-electron chi connectivity index (χ3n) is 2.66. The van der Waals surface area contributed by atoms with Gasteiger partial charge in [-0.1, -0.05) is 33.6 Å². The molecule has 0 heterocycles. The molecule has 0 rings (SSSR count). The van der Waals surface area contributed by atoms with E-state index in [9.17, 15) is 0 Å². The third kappa shape index (κ3) is 7.03. The zero-order chi connectivity index (χ0) is 10.3. The minimum Gasteiger partial charge on any atom is -0.329 e. The van der Waals surface area contributed by atoms with Gasteiger partial charge in [0, 0.05) is 12.6 Å². The molecule has 0 bridgehead atoms. The van der Waals surface area contributed by atoms with Crippen molar-refractivity contribution < 1.29 is 0 Å². The molecule has 0 aliphatic heterocycles. The second-order valence-corrected chi connectivity index (χ2v) is 4.80. The Bertz CT molecular complexity index is 121. The summed E-state index contributed by atoms with van der Waals surface area (Å²) in [7, 11) is 0. The molecule has 0 aliphatic rings. The molecule has 1 unspecified atom stereocenters. The Morgan fingerprint density at radius 3 is 2.31 bits per heavy atom. The van der Waals surface area contributed by atoms with Crippen LogP contribution < -0.4 is 11.5 Å². The van der Waals surface area contributed by atoms with Gasteiger partial charge in [-0.15, -0.1) is 0 Å². The maximum Gasteiger partial charge on any atom is 0.0163 e. The van der Waals surface area contributed by atoms with E-state index in [-0.39, 0.29) is 6.04 Å². The molecule has 80 valence electrons. The SMILES string of the molecule is CCCC(C)(C)CCCC(N)CN. The third-order valence-corrected chi connectivity index (χ3v) is 2.66. The fourth-order valence-electron chi connectivity index (χ4n) is 1.76. The van der Waals surface area contributed by atoms with E-state index in [1.807, 2.05) is 0 Å². The Balaban J connectivity index is 3.50. The topological polar surface area (TPSA) is 52.0 Å². The van der Waals surface area contributed by atoms with Crippen molar-refractivity contribution in [3.05, 3.63) is 0 Å². The lowest BCUT2D eigenvalue weighted by Gasteiger charge is -2.24. The standard InChI is InChI=1S/C11H26N2/c1-4-7-11(2,3)8-5-6-10(13)9-12/h10H,4-9,12-13H2,1-3H3. The summed E-state index contributed by atoms with van der Waals surface area (Å²) in [6, 6.07) is 0.206. The highest BCUT2D eigenvalue weighted by atomic mass is 14.7. The Kier molecular flexibility index (Phi) is 6.35. The first-order valence-electron chi connectivity index (χ1n) is 5.47. The lowest BCUT2D eigenvalue weighted by molar-refractivity contribution is 0.289. The Morgan fingerprint density at radius 2 is 1.85 bits per heavy atom. The van der Waals surface area contributed by atoms with Crippen LogP contribution in [0.15, 0.2) is 0 Å². The summed E-state index contributed by atoms with van der Waals surface area (Å²) in [5.74, 6) is 0. The first-order valence-corrected chi connectivity index (χ1v) is 5.47. The van der Waals surface area contributed by atoms with Crippen LogP contribution in [-0.2, 0) is 0 Å². The molecular formula is C11H26N2. The average Bonchev–Trinajstić information content (AvgIpc) is 2.03.